The third kappa shape index (κ3) is 6.81. The van der Waals surface area contributed by atoms with Crippen molar-refractivity contribution in [2.75, 3.05) is 10.2 Å². The highest BCUT2D eigenvalue weighted by Crippen LogP contribution is 2.42. The molecular formula is C54H40N2O. The Kier molecular flexibility index (Phi) is 9.02. The fourth-order valence-corrected chi connectivity index (χ4v) is 8.12. The summed E-state index contributed by atoms with van der Waals surface area (Å²) < 4.78 is 6.51. The van der Waals surface area contributed by atoms with E-state index in [4.69, 9.17) is 4.42 Å². The molecule has 1 aromatic heterocycles. The third-order valence-electron chi connectivity index (χ3n) is 11.0. The van der Waals surface area contributed by atoms with E-state index in [9.17, 15) is 0 Å². The quantitative estimate of drug-likeness (QED) is 0.160. The lowest BCUT2D eigenvalue weighted by atomic mass is 9.91. The first-order chi connectivity index (χ1) is 28.2. The van der Waals surface area contributed by atoms with Crippen molar-refractivity contribution in [3.8, 4) is 33.4 Å². The SMILES string of the molecule is C1=C(c2ccc(-c3ccccc3-c3ccc(-c4ccc(Nc5ccccc5)cc4)cc3)cc2)CCC(N(c2ccccc2)c2cccc3c2oc2ccccc23)=C1. The molecule has 0 radical (unpaired) electrons. The fraction of sp³-hybridized carbons (Fsp3) is 0.0370. The zero-order chi connectivity index (χ0) is 38.0. The molecule has 3 nitrogen and oxygen atoms in total. The van der Waals surface area contributed by atoms with Crippen molar-refractivity contribution in [3.63, 3.8) is 0 Å². The smallest absolute Gasteiger partial charge is 0.159 e. The number of hydrogen-bond acceptors (Lipinski definition) is 3. The molecule has 3 heteroatoms. The molecule has 8 aromatic carbocycles. The van der Waals surface area contributed by atoms with Crippen LogP contribution in [0.25, 0.3) is 60.9 Å². The van der Waals surface area contributed by atoms with E-state index in [1.165, 1.54) is 50.2 Å². The Morgan fingerprint density at radius 2 is 0.947 bits per heavy atom. The van der Waals surface area contributed by atoms with Gasteiger partial charge in [0.25, 0.3) is 0 Å². The molecule has 57 heavy (non-hydrogen) atoms. The van der Waals surface area contributed by atoms with E-state index >= 15 is 0 Å². The molecule has 272 valence electrons. The maximum atomic E-state index is 6.51. The van der Waals surface area contributed by atoms with Gasteiger partial charge in [0.15, 0.2) is 5.58 Å². The molecule has 0 aliphatic heterocycles. The first-order valence-corrected chi connectivity index (χ1v) is 19.6. The summed E-state index contributed by atoms with van der Waals surface area (Å²) in [6.45, 7) is 0. The van der Waals surface area contributed by atoms with Gasteiger partial charge >= 0.3 is 0 Å². The lowest BCUT2D eigenvalue weighted by Gasteiger charge is -2.30. The average molecular weight is 733 g/mol. The van der Waals surface area contributed by atoms with Gasteiger partial charge in [-0.1, -0.05) is 158 Å². The molecule has 1 aliphatic rings. The molecular weight excluding hydrogens is 693 g/mol. The van der Waals surface area contributed by atoms with Gasteiger partial charge in [0.05, 0.1) is 5.69 Å². The van der Waals surface area contributed by atoms with Crippen LogP contribution in [-0.2, 0) is 0 Å². The van der Waals surface area contributed by atoms with Crippen molar-refractivity contribution in [2.24, 2.45) is 0 Å². The van der Waals surface area contributed by atoms with Crippen molar-refractivity contribution in [1.82, 2.24) is 0 Å². The summed E-state index contributed by atoms with van der Waals surface area (Å²) in [5.41, 5.74) is 17.3. The Labute approximate surface area is 333 Å². The van der Waals surface area contributed by atoms with Crippen molar-refractivity contribution in [1.29, 1.82) is 0 Å². The molecule has 0 saturated carbocycles. The van der Waals surface area contributed by atoms with Crippen LogP contribution in [0.1, 0.15) is 18.4 Å². The van der Waals surface area contributed by atoms with Crippen molar-refractivity contribution in [2.45, 2.75) is 12.8 Å². The van der Waals surface area contributed by atoms with E-state index in [2.05, 4.69) is 192 Å². The summed E-state index contributed by atoms with van der Waals surface area (Å²) in [4.78, 5) is 2.37. The largest absolute Gasteiger partial charge is 0.454 e. The van der Waals surface area contributed by atoms with Crippen LogP contribution in [0.15, 0.2) is 222 Å². The van der Waals surface area contributed by atoms with Gasteiger partial charge in [-0.2, -0.15) is 0 Å². The molecule has 0 amide bonds. The van der Waals surface area contributed by atoms with E-state index in [0.717, 1.165) is 57.5 Å². The molecule has 0 saturated heterocycles. The first-order valence-electron chi connectivity index (χ1n) is 19.6. The number of allylic oxidation sites excluding steroid dienone is 4. The Hall–Kier alpha value is -7.36. The highest BCUT2D eigenvalue weighted by Gasteiger charge is 2.22. The van der Waals surface area contributed by atoms with Crippen molar-refractivity contribution >= 4 is 50.3 Å². The number of hydrogen-bond donors (Lipinski definition) is 1. The summed E-state index contributed by atoms with van der Waals surface area (Å²) in [5, 5.41) is 5.74. The minimum atomic E-state index is 0.909. The van der Waals surface area contributed by atoms with Gasteiger partial charge in [0.2, 0.25) is 0 Å². The number of furan rings is 1. The molecule has 9 aromatic rings. The Balaban J connectivity index is 0.897. The van der Waals surface area contributed by atoms with Gasteiger partial charge in [0, 0.05) is 33.5 Å². The Bertz CT molecular complexity index is 2890. The van der Waals surface area contributed by atoms with Crippen LogP contribution >= 0.6 is 0 Å². The van der Waals surface area contributed by atoms with Gasteiger partial charge in [-0.15, -0.1) is 0 Å². The van der Waals surface area contributed by atoms with Crippen LogP contribution in [0.5, 0.6) is 0 Å². The summed E-state index contributed by atoms with van der Waals surface area (Å²) in [6.07, 6.45) is 6.44. The molecule has 1 N–H and O–H groups in total. The number of anilines is 4. The summed E-state index contributed by atoms with van der Waals surface area (Å²) in [7, 11) is 0. The van der Waals surface area contributed by atoms with Crippen LogP contribution in [-0.4, -0.2) is 0 Å². The van der Waals surface area contributed by atoms with Crippen LogP contribution < -0.4 is 10.2 Å². The lowest BCUT2D eigenvalue weighted by Crippen LogP contribution is -2.18. The minimum absolute atomic E-state index is 0.909. The average Bonchev–Trinajstić information content (AvgIpc) is 3.68. The van der Waals surface area contributed by atoms with E-state index in [1.54, 1.807) is 0 Å². The lowest BCUT2D eigenvalue weighted by molar-refractivity contribution is 0.668. The van der Waals surface area contributed by atoms with Crippen LogP contribution in [0.4, 0.5) is 22.7 Å². The van der Waals surface area contributed by atoms with Crippen molar-refractivity contribution in [3.05, 3.63) is 224 Å². The molecule has 0 bridgehead atoms. The van der Waals surface area contributed by atoms with E-state index in [1.807, 2.05) is 30.3 Å². The number of benzene rings is 8. The molecule has 0 fully saturated rings. The van der Waals surface area contributed by atoms with E-state index < -0.39 is 0 Å². The predicted octanol–water partition coefficient (Wildman–Crippen LogP) is 15.2. The molecule has 10 rings (SSSR count). The summed E-state index contributed by atoms with van der Waals surface area (Å²) >= 11 is 0. The number of nitrogens with zero attached hydrogens (tertiary/aromatic N) is 1. The summed E-state index contributed by atoms with van der Waals surface area (Å²) in [5.74, 6) is 0. The zero-order valence-electron chi connectivity index (χ0n) is 31.5. The molecule has 0 unspecified atom stereocenters. The van der Waals surface area contributed by atoms with Gasteiger partial charge in [-0.25, -0.2) is 0 Å². The fourth-order valence-electron chi connectivity index (χ4n) is 8.12. The van der Waals surface area contributed by atoms with Gasteiger partial charge in [0.1, 0.15) is 5.58 Å². The maximum absolute atomic E-state index is 6.51. The summed E-state index contributed by atoms with van der Waals surface area (Å²) in [6, 6.07) is 71.0. The van der Waals surface area contributed by atoms with Gasteiger partial charge < -0.3 is 14.6 Å². The molecule has 1 heterocycles. The standard InChI is InChI=1S/C54H40N2O/c1-3-12-44(13-4-1)55-45-34-30-40(31-35-45)38-22-26-42(27-23-38)48-16-7-8-17-49(48)43-28-24-39(25-29-43)41-32-36-47(37-33-41)56(46-14-5-2-6-15-46)52-20-11-19-51-50-18-9-10-21-53(50)57-54(51)52/h1-32,34-36,55H,33,37H2. The van der Waals surface area contributed by atoms with Crippen LogP contribution in [0.3, 0.4) is 0 Å². The maximum Gasteiger partial charge on any atom is 0.159 e. The molecule has 0 spiro atoms. The first kappa shape index (κ1) is 34.2. The van der Waals surface area contributed by atoms with Crippen molar-refractivity contribution < 1.29 is 4.42 Å². The van der Waals surface area contributed by atoms with Gasteiger partial charge in [-0.3, -0.25) is 0 Å². The third-order valence-corrected chi connectivity index (χ3v) is 11.0. The highest BCUT2D eigenvalue weighted by molar-refractivity contribution is 6.09. The Morgan fingerprint density at radius 3 is 1.61 bits per heavy atom. The van der Waals surface area contributed by atoms with Crippen LogP contribution in [0, 0.1) is 0 Å². The Morgan fingerprint density at radius 1 is 0.404 bits per heavy atom. The number of rotatable bonds is 9. The predicted molar refractivity (Wildman–Crippen MR) is 240 cm³/mol. The number of nitrogens with one attached hydrogen (secondary N) is 1. The molecule has 1 aliphatic carbocycles. The molecule has 0 atom stereocenters. The van der Waals surface area contributed by atoms with Gasteiger partial charge in [-0.05, 0) is 112 Å². The number of para-hydroxylation sites is 4. The highest BCUT2D eigenvalue weighted by atomic mass is 16.3. The number of fused-ring (bicyclic) bond motifs is 3. The second-order valence-corrected chi connectivity index (χ2v) is 14.5. The normalized spacial score (nSPS) is 12.6. The topological polar surface area (TPSA) is 28.4 Å². The second kappa shape index (κ2) is 15.1. The second-order valence-electron chi connectivity index (χ2n) is 14.5. The van der Waals surface area contributed by atoms with E-state index in [-0.39, 0.29) is 0 Å². The van der Waals surface area contributed by atoms with Crippen LogP contribution in [0.2, 0.25) is 0 Å². The monoisotopic (exact) mass is 732 g/mol. The minimum Gasteiger partial charge on any atom is -0.454 e. The van der Waals surface area contributed by atoms with E-state index in [0.29, 0.717) is 0 Å². The zero-order valence-corrected chi connectivity index (χ0v) is 31.5.